The summed E-state index contributed by atoms with van der Waals surface area (Å²) in [5.41, 5.74) is 8.35. The number of nitrogens with one attached hydrogen (secondary N) is 1. The topological polar surface area (TPSA) is 98.5 Å². The van der Waals surface area contributed by atoms with Crippen LogP contribution in [-0.4, -0.2) is 24.4 Å². The molecule has 3 N–H and O–H groups in total. The lowest BCUT2D eigenvalue weighted by Crippen LogP contribution is -2.22. The Morgan fingerprint density at radius 3 is 2.54 bits per heavy atom. The Hall–Kier alpha value is -2.67. The molecule has 1 heterocycles. The first-order valence-corrected chi connectivity index (χ1v) is 10.2. The zero-order valence-corrected chi connectivity index (χ0v) is 16.9. The van der Waals surface area contributed by atoms with E-state index in [9.17, 15) is 14.4 Å². The zero-order chi connectivity index (χ0) is 20.3. The van der Waals surface area contributed by atoms with Crippen LogP contribution in [-0.2, 0) is 28.8 Å². The summed E-state index contributed by atoms with van der Waals surface area (Å²) in [6.45, 7) is 3.84. The molecule has 148 valence electrons. The number of fused-ring (bicyclic) bond motifs is 1. The van der Waals surface area contributed by atoms with Crippen molar-refractivity contribution in [3.63, 3.8) is 0 Å². The number of ether oxygens (including phenoxy) is 1. The van der Waals surface area contributed by atoms with Crippen LogP contribution in [0.25, 0.3) is 0 Å². The Bertz CT molecular complexity index is 900. The Balaban J connectivity index is 1.57. The fraction of sp³-hybridized carbons (Fsp3) is 0.381. The van der Waals surface area contributed by atoms with Gasteiger partial charge in [0.25, 0.3) is 11.8 Å². The van der Waals surface area contributed by atoms with E-state index in [1.807, 2.05) is 12.1 Å². The molecule has 0 bridgehead atoms. The van der Waals surface area contributed by atoms with Gasteiger partial charge in [0, 0.05) is 4.88 Å². The SMILES string of the molecule is CC(C)Cc1ccc(C(=O)OCC(=O)Nc2sc3c(c2C(N)=O)CCC3)cc1. The number of thiophene rings is 1. The van der Waals surface area contributed by atoms with Crippen molar-refractivity contribution in [1.82, 2.24) is 0 Å². The number of hydrogen-bond donors (Lipinski definition) is 2. The molecule has 0 radical (unpaired) electrons. The zero-order valence-electron chi connectivity index (χ0n) is 16.0. The number of benzene rings is 1. The van der Waals surface area contributed by atoms with Crippen LogP contribution in [0.4, 0.5) is 5.00 Å². The summed E-state index contributed by atoms with van der Waals surface area (Å²) >= 11 is 1.37. The van der Waals surface area contributed by atoms with E-state index >= 15 is 0 Å². The van der Waals surface area contributed by atoms with Crippen LogP contribution >= 0.6 is 11.3 Å². The summed E-state index contributed by atoms with van der Waals surface area (Å²) < 4.78 is 5.10. The summed E-state index contributed by atoms with van der Waals surface area (Å²) in [5, 5.41) is 3.10. The number of hydrogen-bond acceptors (Lipinski definition) is 5. The molecule has 2 aromatic rings. The highest BCUT2D eigenvalue weighted by Crippen LogP contribution is 2.38. The molecular weight excluding hydrogens is 376 g/mol. The number of rotatable bonds is 7. The van der Waals surface area contributed by atoms with Crippen LogP contribution in [0.2, 0.25) is 0 Å². The Labute approximate surface area is 168 Å². The molecule has 1 aromatic carbocycles. The number of esters is 1. The Kier molecular flexibility index (Phi) is 6.14. The molecular formula is C21H24N2O4S. The van der Waals surface area contributed by atoms with Crippen molar-refractivity contribution in [3.05, 3.63) is 51.4 Å². The van der Waals surface area contributed by atoms with Crippen molar-refractivity contribution in [3.8, 4) is 0 Å². The van der Waals surface area contributed by atoms with Crippen molar-refractivity contribution in [1.29, 1.82) is 0 Å². The summed E-state index contributed by atoms with van der Waals surface area (Å²) in [5.74, 6) is -1.07. The predicted molar refractivity (Wildman–Crippen MR) is 109 cm³/mol. The maximum atomic E-state index is 12.2. The highest BCUT2D eigenvalue weighted by Gasteiger charge is 2.26. The lowest BCUT2D eigenvalue weighted by Gasteiger charge is -2.08. The van der Waals surface area contributed by atoms with E-state index < -0.39 is 24.4 Å². The third kappa shape index (κ3) is 4.59. The average Bonchev–Trinajstić information content (AvgIpc) is 3.20. The second kappa shape index (κ2) is 8.56. The van der Waals surface area contributed by atoms with E-state index in [4.69, 9.17) is 10.5 Å². The number of amides is 2. The summed E-state index contributed by atoms with van der Waals surface area (Å²) in [4.78, 5) is 37.2. The van der Waals surface area contributed by atoms with Gasteiger partial charge in [-0.15, -0.1) is 11.3 Å². The Morgan fingerprint density at radius 2 is 1.89 bits per heavy atom. The van der Waals surface area contributed by atoms with E-state index in [0.717, 1.165) is 41.7 Å². The largest absolute Gasteiger partial charge is 0.452 e. The number of carbonyl (C=O) groups excluding carboxylic acids is 3. The van der Waals surface area contributed by atoms with Gasteiger partial charge in [-0.3, -0.25) is 9.59 Å². The van der Waals surface area contributed by atoms with Gasteiger partial charge < -0.3 is 15.8 Å². The van der Waals surface area contributed by atoms with Crippen LogP contribution in [0, 0.1) is 5.92 Å². The fourth-order valence-corrected chi connectivity index (χ4v) is 4.69. The second-order valence-corrected chi connectivity index (χ2v) is 8.45. The van der Waals surface area contributed by atoms with Gasteiger partial charge in [-0.2, -0.15) is 0 Å². The number of carbonyl (C=O) groups is 3. The predicted octanol–water partition coefficient (Wildman–Crippen LogP) is 3.33. The van der Waals surface area contributed by atoms with Crippen molar-refractivity contribution in [2.75, 3.05) is 11.9 Å². The lowest BCUT2D eigenvalue weighted by molar-refractivity contribution is -0.119. The third-order valence-corrected chi connectivity index (χ3v) is 5.80. The van der Waals surface area contributed by atoms with Crippen LogP contribution in [0.15, 0.2) is 24.3 Å². The van der Waals surface area contributed by atoms with Crippen LogP contribution in [0.1, 0.15) is 57.0 Å². The van der Waals surface area contributed by atoms with Crippen molar-refractivity contribution in [2.24, 2.45) is 11.7 Å². The van der Waals surface area contributed by atoms with Crippen LogP contribution in [0.3, 0.4) is 0 Å². The molecule has 28 heavy (non-hydrogen) atoms. The highest BCUT2D eigenvalue weighted by molar-refractivity contribution is 7.17. The fourth-order valence-electron chi connectivity index (χ4n) is 3.38. The summed E-state index contributed by atoms with van der Waals surface area (Å²) in [6.07, 6.45) is 3.60. The minimum atomic E-state index is -0.560. The number of aryl methyl sites for hydroxylation is 1. The van der Waals surface area contributed by atoms with E-state index in [1.165, 1.54) is 11.3 Å². The van der Waals surface area contributed by atoms with Crippen LogP contribution < -0.4 is 11.1 Å². The first-order valence-electron chi connectivity index (χ1n) is 9.35. The molecule has 0 spiro atoms. The maximum absolute atomic E-state index is 12.2. The van der Waals surface area contributed by atoms with E-state index in [-0.39, 0.29) is 0 Å². The molecule has 1 aromatic heterocycles. The number of primary amides is 1. The van der Waals surface area contributed by atoms with Gasteiger partial charge in [-0.25, -0.2) is 4.79 Å². The van der Waals surface area contributed by atoms with Gasteiger partial charge >= 0.3 is 5.97 Å². The molecule has 0 atom stereocenters. The highest BCUT2D eigenvalue weighted by atomic mass is 32.1. The Morgan fingerprint density at radius 1 is 1.18 bits per heavy atom. The van der Waals surface area contributed by atoms with Gasteiger partial charge in [-0.05, 0) is 54.9 Å². The molecule has 0 saturated heterocycles. The number of anilines is 1. The second-order valence-electron chi connectivity index (χ2n) is 7.34. The van der Waals surface area contributed by atoms with E-state index in [0.29, 0.717) is 22.0 Å². The molecule has 0 saturated carbocycles. The van der Waals surface area contributed by atoms with Gasteiger partial charge in [0.2, 0.25) is 0 Å². The van der Waals surface area contributed by atoms with Crippen LogP contribution in [0.5, 0.6) is 0 Å². The smallest absolute Gasteiger partial charge is 0.338 e. The number of nitrogens with two attached hydrogens (primary N) is 1. The normalized spacial score (nSPS) is 12.7. The monoisotopic (exact) mass is 400 g/mol. The van der Waals surface area contributed by atoms with Gasteiger partial charge in [0.15, 0.2) is 6.61 Å². The summed E-state index contributed by atoms with van der Waals surface area (Å²) in [7, 11) is 0. The first kappa shape index (κ1) is 20.1. The molecule has 6 nitrogen and oxygen atoms in total. The third-order valence-electron chi connectivity index (χ3n) is 4.59. The van der Waals surface area contributed by atoms with E-state index in [2.05, 4.69) is 19.2 Å². The lowest BCUT2D eigenvalue weighted by atomic mass is 10.0. The minimum absolute atomic E-state index is 0.387. The first-order chi connectivity index (χ1) is 13.3. The van der Waals surface area contributed by atoms with Crippen molar-refractivity contribution < 1.29 is 19.1 Å². The molecule has 1 aliphatic rings. The minimum Gasteiger partial charge on any atom is -0.452 e. The molecule has 0 aliphatic heterocycles. The van der Waals surface area contributed by atoms with Gasteiger partial charge in [0.05, 0.1) is 11.1 Å². The van der Waals surface area contributed by atoms with Gasteiger partial charge in [-0.1, -0.05) is 26.0 Å². The molecule has 2 amide bonds. The average molecular weight is 401 g/mol. The standard InChI is InChI=1S/C21H24N2O4S/c1-12(2)10-13-6-8-14(9-7-13)21(26)27-11-17(24)23-20-18(19(22)25)15-4-3-5-16(15)28-20/h6-9,12H,3-5,10-11H2,1-2H3,(H2,22,25)(H,23,24). The molecule has 0 fully saturated rings. The molecule has 7 heteroatoms. The quantitative estimate of drug-likeness (QED) is 0.697. The van der Waals surface area contributed by atoms with Crippen molar-refractivity contribution in [2.45, 2.75) is 39.5 Å². The molecule has 1 aliphatic carbocycles. The maximum Gasteiger partial charge on any atom is 0.338 e. The van der Waals surface area contributed by atoms with Crippen molar-refractivity contribution >= 4 is 34.1 Å². The van der Waals surface area contributed by atoms with E-state index in [1.54, 1.807) is 12.1 Å². The molecule has 0 unspecified atom stereocenters. The molecule has 3 rings (SSSR count). The van der Waals surface area contributed by atoms with Gasteiger partial charge in [0.1, 0.15) is 5.00 Å². The summed E-state index contributed by atoms with van der Waals surface area (Å²) in [6, 6.07) is 7.19.